The van der Waals surface area contributed by atoms with E-state index in [0.29, 0.717) is 12.4 Å². The molecule has 0 fully saturated rings. The molecule has 0 aliphatic heterocycles. The van der Waals surface area contributed by atoms with Crippen LogP contribution in [0.4, 0.5) is 11.5 Å². The van der Waals surface area contributed by atoms with Crippen molar-refractivity contribution >= 4 is 17.4 Å². The van der Waals surface area contributed by atoms with Gasteiger partial charge < -0.3 is 15.4 Å². The molecule has 1 aromatic carbocycles. The Balaban J connectivity index is 1.76. The molecule has 0 radical (unpaired) electrons. The summed E-state index contributed by atoms with van der Waals surface area (Å²) in [6.07, 6.45) is 1.99. The highest BCUT2D eigenvalue weighted by Crippen LogP contribution is 2.15. The number of hydrogen-bond acceptors (Lipinski definition) is 4. The number of nitrogens with one attached hydrogen (secondary N) is 2. The number of aromatic nitrogens is 1. The molecule has 0 aliphatic rings. The Bertz CT molecular complexity index is 619. The second kappa shape index (κ2) is 7.63. The Morgan fingerprint density at radius 1 is 1.13 bits per heavy atom. The van der Waals surface area contributed by atoms with Gasteiger partial charge in [0.2, 0.25) is 5.91 Å². The summed E-state index contributed by atoms with van der Waals surface area (Å²) in [5.41, 5.74) is 0.893. The van der Waals surface area contributed by atoms with Crippen LogP contribution in [0.2, 0.25) is 0 Å². The standard InChI is InChI=1S/C18H23N3O2/c1-18(2,3)21-14-9-10-16(19-13-14)20-17(22)11-12-23-15-7-5-4-6-8-15/h4-10,13,21H,11-12H2,1-3H3,(H,19,20,22). The van der Waals surface area contributed by atoms with E-state index in [9.17, 15) is 4.79 Å². The highest BCUT2D eigenvalue weighted by molar-refractivity contribution is 5.89. The Morgan fingerprint density at radius 3 is 2.48 bits per heavy atom. The average Bonchev–Trinajstić information content (AvgIpc) is 2.49. The van der Waals surface area contributed by atoms with E-state index in [1.807, 2.05) is 36.4 Å². The molecule has 5 nitrogen and oxygen atoms in total. The Labute approximate surface area is 137 Å². The molecule has 0 bridgehead atoms. The van der Waals surface area contributed by atoms with Gasteiger partial charge in [-0.1, -0.05) is 18.2 Å². The molecule has 0 spiro atoms. The Kier molecular flexibility index (Phi) is 5.57. The summed E-state index contributed by atoms with van der Waals surface area (Å²) < 4.78 is 5.50. The fourth-order valence-corrected chi connectivity index (χ4v) is 1.96. The summed E-state index contributed by atoms with van der Waals surface area (Å²) in [6.45, 7) is 6.57. The van der Waals surface area contributed by atoms with E-state index in [2.05, 4.69) is 36.4 Å². The first-order valence-electron chi connectivity index (χ1n) is 7.64. The van der Waals surface area contributed by atoms with E-state index in [-0.39, 0.29) is 17.9 Å². The van der Waals surface area contributed by atoms with Gasteiger partial charge in [-0.05, 0) is 45.0 Å². The summed E-state index contributed by atoms with van der Waals surface area (Å²) >= 11 is 0. The summed E-state index contributed by atoms with van der Waals surface area (Å²) in [4.78, 5) is 16.1. The van der Waals surface area contributed by atoms with Gasteiger partial charge in [-0.3, -0.25) is 4.79 Å². The number of anilines is 2. The van der Waals surface area contributed by atoms with Gasteiger partial charge in [0.1, 0.15) is 11.6 Å². The third-order valence-corrected chi connectivity index (χ3v) is 2.89. The fraction of sp³-hybridized carbons (Fsp3) is 0.333. The van der Waals surface area contributed by atoms with Crippen LogP contribution in [-0.2, 0) is 4.79 Å². The topological polar surface area (TPSA) is 63.2 Å². The largest absolute Gasteiger partial charge is 0.493 e. The van der Waals surface area contributed by atoms with Gasteiger partial charge in [-0.2, -0.15) is 0 Å². The maximum absolute atomic E-state index is 11.9. The number of amides is 1. The van der Waals surface area contributed by atoms with Crippen molar-refractivity contribution in [1.82, 2.24) is 4.98 Å². The third kappa shape index (κ3) is 6.38. The summed E-state index contributed by atoms with van der Waals surface area (Å²) in [5.74, 6) is 1.18. The normalized spacial score (nSPS) is 10.9. The molecule has 1 heterocycles. The van der Waals surface area contributed by atoms with Gasteiger partial charge in [-0.25, -0.2) is 4.98 Å². The van der Waals surface area contributed by atoms with Crippen LogP contribution in [0.15, 0.2) is 48.7 Å². The van der Waals surface area contributed by atoms with Crippen molar-refractivity contribution in [3.63, 3.8) is 0 Å². The number of rotatable bonds is 6. The zero-order chi connectivity index (χ0) is 16.7. The number of carbonyl (C=O) groups excluding carboxylic acids is 1. The molecule has 122 valence electrons. The van der Waals surface area contributed by atoms with Crippen LogP contribution in [-0.4, -0.2) is 23.0 Å². The lowest BCUT2D eigenvalue weighted by atomic mass is 10.1. The minimum absolute atomic E-state index is 0.0266. The molecule has 0 unspecified atom stereocenters. The molecule has 0 aliphatic carbocycles. The van der Waals surface area contributed by atoms with Crippen molar-refractivity contribution < 1.29 is 9.53 Å². The van der Waals surface area contributed by atoms with Crippen LogP contribution in [0, 0.1) is 0 Å². The predicted octanol–water partition coefficient (Wildman–Crippen LogP) is 3.70. The molecule has 2 rings (SSSR count). The van der Waals surface area contributed by atoms with Crippen molar-refractivity contribution in [3.8, 4) is 5.75 Å². The quantitative estimate of drug-likeness (QED) is 0.853. The highest BCUT2D eigenvalue weighted by Gasteiger charge is 2.09. The number of hydrogen-bond donors (Lipinski definition) is 2. The number of nitrogens with zero attached hydrogens (tertiary/aromatic N) is 1. The predicted molar refractivity (Wildman–Crippen MR) is 92.8 cm³/mol. The summed E-state index contributed by atoms with van der Waals surface area (Å²) in [5, 5.41) is 6.08. The molecule has 1 aromatic heterocycles. The molecular formula is C18H23N3O2. The average molecular weight is 313 g/mol. The molecule has 5 heteroatoms. The maximum Gasteiger partial charge on any atom is 0.228 e. The second-order valence-electron chi connectivity index (χ2n) is 6.27. The lowest BCUT2D eigenvalue weighted by molar-refractivity contribution is -0.116. The Morgan fingerprint density at radius 2 is 1.87 bits per heavy atom. The van der Waals surface area contributed by atoms with Gasteiger partial charge >= 0.3 is 0 Å². The minimum atomic E-state index is -0.120. The third-order valence-electron chi connectivity index (χ3n) is 2.89. The minimum Gasteiger partial charge on any atom is -0.493 e. The fourth-order valence-electron chi connectivity index (χ4n) is 1.96. The molecule has 2 N–H and O–H groups in total. The van der Waals surface area contributed by atoms with Gasteiger partial charge in [0.15, 0.2) is 0 Å². The summed E-state index contributed by atoms with van der Waals surface area (Å²) in [7, 11) is 0. The zero-order valence-corrected chi connectivity index (χ0v) is 13.8. The molecular weight excluding hydrogens is 290 g/mol. The van der Waals surface area contributed by atoms with Gasteiger partial charge in [0, 0.05) is 5.54 Å². The van der Waals surface area contributed by atoms with Gasteiger partial charge in [0.25, 0.3) is 0 Å². The van der Waals surface area contributed by atoms with Crippen LogP contribution in [0.1, 0.15) is 27.2 Å². The number of ether oxygens (including phenoxy) is 1. The van der Waals surface area contributed by atoms with E-state index >= 15 is 0 Å². The number of pyridine rings is 1. The van der Waals surface area contributed by atoms with Crippen molar-refractivity contribution in [2.75, 3.05) is 17.2 Å². The number of para-hydroxylation sites is 1. The zero-order valence-electron chi connectivity index (χ0n) is 13.8. The summed E-state index contributed by atoms with van der Waals surface area (Å²) in [6, 6.07) is 13.1. The first kappa shape index (κ1) is 16.8. The van der Waals surface area contributed by atoms with E-state index < -0.39 is 0 Å². The maximum atomic E-state index is 11.9. The van der Waals surface area contributed by atoms with E-state index in [1.54, 1.807) is 12.3 Å². The van der Waals surface area contributed by atoms with Crippen molar-refractivity contribution in [3.05, 3.63) is 48.7 Å². The first-order valence-corrected chi connectivity index (χ1v) is 7.64. The molecule has 0 atom stereocenters. The van der Waals surface area contributed by atoms with E-state index in [1.165, 1.54) is 0 Å². The molecule has 1 amide bonds. The SMILES string of the molecule is CC(C)(C)Nc1ccc(NC(=O)CCOc2ccccc2)nc1. The van der Waals surface area contributed by atoms with Crippen LogP contribution in [0.3, 0.4) is 0 Å². The molecule has 23 heavy (non-hydrogen) atoms. The van der Waals surface area contributed by atoms with Crippen molar-refractivity contribution in [2.24, 2.45) is 0 Å². The van der Waals surface area contributed by atoms with E-state index in [0.717, 1.165) is 11.4 Å². The van der Waals surface area contributed by atoms with Crippen LogP contribution in [0.5, 0.6) is 5.75 Å². The van der Waals surface area contributed by atoms with Crippen LogP contribution in [0.25, 0.3) is 0 Å². The Hall–Kier alpha value is -2.56. The highest BCUT2D eigenvalue weighted by atomic mass is 16.5. The molecule has 0 saturated heterocycles. The van der Waals surface area contributed by atoms with Crippen LogP contribution >= 0.6 is 0 Å². The van der Waals surface area contributed by atoms with Crippen molar-refractivity contribution in [1.29, 1.82) is 0 Å². The van der Waals surface area contributed by atoms with E-state index in [4.69, 9.17) is 4.74 Å². The van der Waals surface area contributed by atoms with Crippen LogP contribution < -0.4 is 15.4 Å². The lowest BCUT2D eigenvalue weighted by Crippen LogP contribution is -2.26. The number of benzene rings is 1. The molecule has 0 saturated carbocycles. The molecule has 2 aromatic rings. The number of carbonyl (C=O) groups is 1. The monoisotopic (exact) mass is 313 g/mol. The second-order valence-corrected chi connectivity index (χ2v) is 6.27. The van der Waals surface area contributed by atoms with Gasteiger partial charge in [-0.15, -0.1) is 0 Å². The van der Waals surface area contributed by atoms with Crippen molar-refractivity contribution in [2.45, 2.75) is 32.7 Å². The lowest BCUT2D eigenvalue weighted by Gasteiger charge is -2.21. The first-order chi connectivity index (χ1) is 10.9. The van der Waals surface area contributed by atoms with Gasteiger partial charge in [0.05, 0.1) is 24.9 Å². The smallest absolute Gasteiger partial charge is 0.228 e.